The smallest absolute Gasteiger partial charge is 0.230 e. The quantitative estimate of drug-likeness (QED) is 0.877. The van der Waals surface area contributed by atoms with E-state index in [-0.39, 0.29) is 5.91 Å². The Balaban J connectivity index is 1.76. The number of piperidine rings is 1. The lowest BCUT2D eigenvalue weighted by molar-refractivity contribution is -0.911. The van der Waals surface area contributed by atoms with Crippen molar-refractivity contribution in [3.63, 3.8) is 0 Å². The van der Waals surface area contributed by atoms with E-state index < -0.39 is 0 Å². The van der Waals surface area contributed by atoms with Gasteiger partial charge in [0.15, 0.2) is 0 Å². The zero-order valence-electron chi connectivity index (χ0n) is 12.3. The Hall–Kier alpha value is -1.06. The van der Waals surface area contributed by atoms with Crippen LogP contribution in [0.4, 0.5) is 5.69 Å². The van der Waals surface area contributed by atoms with Gasteiger partial charge >= 0.3 is 0 Å². The highest BCUT2D eigenvalue weighted by atomic mass is 35.5. The predicted molar refractivity (Wildman–Crippen MR) is 83.2 cm³/mol. The molecule has 0 aromatic heterocycles. The molecule has 0 bridgehead atoms. The molecule has 1 aliphatic heterocycles. The summed E-state index contributed by atoms with van der Waals surface area (Å²) in [5, 5.41) is 3.60. The van der Waals surface area contributed by atoms with Gasteiger partial charge in [0, 0.05) is 22.5 Å². The van der Waals surface area contributed by atoms with Crippen LogP contribution < -0.4 is 10.2 Å². The average Bonchev–Trinajstić information content (AvgIpc) is 2.38. The van der Waals surface area contributed by atoms with Gasteiger partial charge in [-0.1, -0.05) is 25.4 Å². The number of amides is 1. The van der Waals surface area contributed by atoms with Crippen LogP contribution in [0.1, 0.15) is 26.7 Å². The Morgan fingerprint density at radius 3 is 2.45 bits per heavy atom. The molecule has 4 heteroatoms. The lowest BCUT2D eigenvalue weighted by Crippen LogP contribution is -3.14. The number of nitrogens with one attached hydrogen (secondary N) is 2. The van der Waals surface area contributed by atoms with Crippen LogP contribution in [0.3, 0.4) is 0 Å². The minimum absolute atomic E-state index is 0.0886. The van der Waals surface area contributed by atoms with Crippen LogP contribution in [-0.2, 0) is 4.79 Å². The van der Waals surface area contributed by atoms with Crippen LogP contribution in [0.2, 0.25) is 5.02 Å². The summed E-state index contributed by atoms with van der Waals surface area (Å²) in [6, 6.07) is 7.24. The van der Waals surface area contributed by atoms with Crippen molar-refractivity contribution in [1.82, 2.24) is 0 Å². The molecule has 0 spiro atoms. The molecule has 1 amide bonds. The van der Waals surface area contributed by atoms with Crippen LogP contribution in [0.5, 0.6) is 0 Å². The van der Waals surface area contributed by atoms with Crippen LogP contribution >= 0.6 is 11.6 Å². The van der Waals surface area contributed by atoms with Gasteiger partial charge < -0.3 is 10.2 Å². The van der Waals surface area contributed by atoms with Gasteiger partial charge in [0.1, 0.15) is 0 Å². The number of quaternary nitrogens is 1. The molecule has 2 N–H and O–H groups in total. The fourth-order valence-electron chi connectivity index (χ4n) is 3.17. The summed E-state index contributed by atoms with van der Waals surface area (Å²) in [5.74, 6) is 1.63. The van der Waals surface area contributed by atoms with E-state index >= 15 is 0 Å². The Morgan fingerprint density at radius 1 is 1.25 bits per heavy atom. The van der Waals surface area contributed by atoms with Crippen molar-refractivity contribution in [1.29, 1.82) is 0 Å². The first-order valence-corrected chi connectivity index (χ1v) is 7.79. The summed E-state index contributed by atoms with van der Waals surface area (Å²) in [6.45, 7) is 7.93. The number of likely N-dealkylation sites (tertiary alicyclic amines) is 1. The van der Waals surface area contributed by atoms with Gasteiger partial charge in [-0.2, -0.15) is 0 Å². The largest absolute Gasteiger partial charge is 0.334 e. The van der Waals surface area contributed by atoms with Crippen LogP contribution in [0.25, 0.3) is 0 Å². The number of hydrogen-bond acceptors (Lipinski definition) is 1. The lowest BCUT2D eigenvalue weighted by Gasteiger charge is -2.31. The van der Waals surface area contributed by atoms with Crippen LogP contribution in [-0.4, -0.2) is 25.5 Å². The normalized spacial score (nSPS) is 26.2. The standard InChI is InChI=1S/C16H23ClN2O/c1-12-9-13(2)11-19(10-12)8-7-16(20)18-15-5-3-14(17)4-6-15/h3-6,12-13H,7-11H2,1-2H3,(H,18,20)/p+1/t12-,13-/m0/s1. The average molecular weight is 296 g/mol. The fraction of sp³-hybridized carbons (Fsp3) is 0.562. The monoisotopic (exact) mass is 295 g/mol. The number of benzene rings is 1. The number of carbonyl (C=O) groups excluding carboxylic acids is 1. The van der Waals surface area contributed by atoms with Crippen molar-refractivity contribution in [3.05, 3.63) is 29.3 Å². The molecular formula is C16H24ClN2O+. The zero-order valence-corrected chi connectivity index (χ0v) is 13.0. The second-order valence-electron chi connectivity index (χ2n) is 6.16. The number of halogens is 1. The van der Waals surface area contributed by atoms with Gasteiger partial charge in [0.25, 0.3) is 0 Å². The summed E-state index contributed by atoms with van der Waals surface area (Å²) < 4.78 is 0. The lowest BCUT2D eigenvalue weighted by atomic mass is 9.92. The zero-order chi connectivity index (χ0) is 14.5. The van der Waals surface area contributed by atoms with E-state index in [0.29, 0.717) is 11.4 Å². The van der Waals surface area contributed by atoms with E-state index in [2.05, 4.69) is 19.2 Å². The van der Waals surface area contributed by atoms with Crippen molar-refractivity contribution in [2.45, 2.75) is 26.7 Å². The maximum absolute atomic E-state index is 11.9. The molecule has 1 aromatic rings. The van der Waals surface area contributed by atoms with E-state index in [9.17, 15) is 4.79 Å². The Kier molecular flexibility index (Phi) is 5.44. The number of anilines is 1. The molecular weight excluding hydrogens is 272 g/mol. The highest BCUT2D eigenvalue weighted by Crippen LogP contribution is 2.14. The van der Waals surface area contributed by atoms with Gasteiger partial charge in [-0.3, -0.25) is 4.79 Å². The van der Waals surface area contributed by atoms with E-state index in [1.165, 1.54) is 19.5 Å². The van der Waals surface area contributed by atoms with Crippen molar-refractivity contribution < 1.29 is 9.69 Å². The van der Waals surface area contributed by atoms with Gasteiger partial charge in [-0.15, -0.1) is 0 Å². The Morgan fingerprint density at radius 2 is 1.85 bits per heavy atom. The fourth-order valence-corrected chi connectivity index (χ4v) is 3.30. The minimum atomic E-state index is 0.0886. The van der Waals surface area contributed by atoms with Crippen molar-refractivity contribution in [2.75, 3.05) is 25.0 Å². The molecule has 0 saturated carbocycles. The van der Waals surface area contributed by atoms with E-state index in [0.717, 1.165) is 24.1 Å². The second kappa shape index (κ2) is 7.09. The number of carbonyl (C=O) groups is 1. The number of rotatable bonds is 4. The minimum Gasteiger partial charge on any atom is -0.334 e. The molecule has 0 radical (unpaired) electrons. The topological polar surface area (TPSA) is 33.5 Å². The molecule has 0 aliphatic carbocycles. The maximum Gasteiger partial charge on any atom is 0.230 e. The van der Waals surface area contributed by atoms with Gasteiger partial charge in [0.2, 0.25) is 5.91 Å². The molecule has 1 fully saturated rings. The van der Waals surface area contributed by atoms with Crippen LogP contribution in [0.15, 0.2) is 24.3 Å². The molecule has 20 heavy (non-hydrogen) atoms. The highest BCUT2D eigenvalue weighted by molar-refractivity contribution is 6.30. The van der Waals surface area contributed by atoms with Crippen molar-refractivity contribution in [3.8, 4) is 0 Å². The molecule has 1 heterocycles. The molecule has 1 aromatic carbocycles. The third kappa shape index (κ3) is 4.80. The first-order chi connectivity index (χ1) is 9.52. The molecule has 0 unspecified atom stereocenters. The molecule has 3 nitrogen and oxygen atoms in total. The molecule has 2 atom stereocenters. The number of hydrogen-bond donors (Lipinski definition) is 2. The maximum atomic E-state index is 11.9. The summed E-state index contributed by atoms with van der Waals surface area (Å²) in [6.07, 6.45) is 1.90. The third-order valence-electron chi connectivity index (χ3n) is 3.91. The Labute approximate surface area is 126 Å². The van der Waals surface area contributed by atoms with Gasteiger partial charge in [0.05, 0.1) is 26.1 Å². The molecule has 2 rings (SSSR count). The van der Waals surface area contributed by atoms with Gasteiger partial charge in [-0.05, 0) is 30.7 Å². The summed E-state index contributed by atoms with van der Waals surface area (Å²) in [5.41, 5.74) is 0.815. The molecule has 1 saturated heterocycles. The highest BCUT2D eigenvalue weighted by Gasteiger charge is 2.25. The first-order valence-electron chi connectivity index (χ1n) is 7.42. The van der Waals surface area contributed by atoms with E-state index in [4.69, 9.17) is 11.6 Å². The summed E-state index contributed by atoms with van der Waals surface area (Å²) in [7, 11) is 0. The summed E-state index contributed by atoms with van der Waals surface area (Å²) in [4.78, 5) is 13.5. The Bertz CT molecular complexity index is 436. The van der Waals surface area contributed by atoms with Crippen molar-refractivity contribution in [2.24, 2.45) is 11.8 Å². The van der Waals surface area contributed by atoms with Gasteiger partial charge in [-0.25, -0.2) is 0 Å². The summed E-state index contributed by atoms with van der Waals surface area (Å²) >= 11 is 5.82. The predicted octanol–water partition coefficient (Wildman–Crippen LogP) is 2.23. The van der Waals surface area contributed by atoms with E-state index in [1.54, 1.807) is 17.0 Å². The van der Waals surface area contributed by atoms with E-state index in [1.807, 2.05) is 12.1 Å². The first kappa shape index (κ1) is 15.3. The third-order valence-corrected chi connectivity index (χ3v) is 4.16. The van der Waals surface area contributed by atoms with Crippen molar-refractivity contribution >= 4 is 23.2 Å². The molecule has 110 valence electrons. The molecule has 1 aliphatic rings. The SMILES string of the molecule is C[C@H]1C[C@H](C)C[NH+](CCC(=O)Nc2ccc(Cl)cc2)C1. The second-order valence-corrected chi connectivity index (χ2v) is 6.60. The van der Waals surface area contributed by atoms with Crippen LogP contribution in [0, 0.1) is 11.8 Å².